The molecule has 0 saturated heterocycles. The van der Waals surface area contributed by atoms with Crippen molar-refractivity contribution in [1.29, 1.82) is 0 Å². The van der Waals surface area contributed by atoms with Crippen LogP contribution < -0.4 is 0 Å². The lowest BCUT2D eigenvalue weighted by atomic mass is 10.1. The van der Waals surface area contributed by atoms with Crippen LogP contribution in [0, 0.1) is 11.6 Å². The van der Waals surface area contributed by atoms with Gasteiger partial charge >= 0.3 is 0 Å². The van der Waals surface area contributed by atoms with Crippen molar-refractivity contribution in [3.8, 4) is 11.3 Å². The summed E-state index contributed by atoms with van der Waals surface area (Å²) in [4.78, 5) is 14.7. The fraction of sp³-hybridized carbons (Fsp3) is 0.211. The maximum absolute atomic E-state index is 13.6. The number of fused-ring (bicyclic) bond motifs is 1. The summed E-state index contributed by atoms with van der Waals surface area (Å²) >= 11 is 0. The Kier molecular flexibility index (Phi) is 5.12. The second kappa shape index (κ2) is 7.21. The molecule has 0 aliphatic carbocycles. The van der Waals surface area contributed by atoms with Gasteiger partial charge in [-0.1, -0.05) is 13.8 Å². The number of hydrogen-bond acceptors (Lipinski definition) is 3. The lowest BCUT2D eigenvalue weighted by molar-refractivity contribution is 0.112. The van der Waals surface area contributed by atoms with E-state index in [9.17, 15) is 22.0 Å². The monoisotopic (exact) mass is 392 g/mol. The Labute approximate surface area is 155 Å². The summed E-state index contributed by atoms with van der Waals surface area (Å²) in [7, 11) is -3.69. The first kappa shape index (κ1) is 19.2. The van der Waals surface area contributed by atoms with Gasteiger partial charge in [0.1, 0.15) is 0 Å². The van der Waals surface area contributed by atoms with Gasteiger partial charge in [0.15, 0.2) is 17.9 Å². The van der Waals surface area contributed by atoms with E-state index in [0.29, 0.717) is 41.5 Å². The Morgan fingerprint density at radius 2 is 1.74 bits per heavy atom. The SMILES string of the molecule is CCN(CC)S(=O)(=O)c1ccc2[nH]c(-c3ccc(F)c(F)c3)c(C=O)c2c1. The van der Waals surface area contributed by atoms with Crippen LogP contribution in [0.3, 0.4) is 0 Å². The predicted molar refractivity (Wildman–Crippen MR) is 99.1 cm³/mol. The zero-order valence-electron chi connectivity index (χ0n) is 14.8. The van der Waals surface area contributed by atoms with Gasteiger partial charge in [0.25, 0.3) is 0 Å². The molecule has 2 aromatic carbocycles. The fourth-order valence-corrected chi connectivity index (χ4v) is 4.55. The smallest absolute Gasteiger partial charge is 0.243 e. The number of benzene rings is 2. The summed E-state index contributed by atoms with van der Waals surface area (Å²) in [5.41, 5.74) is 1.31. The second-order valence-electron chi connectivity index (χ2n) is 5.96. The van der Waals surface area contributed by atoms with Gasteiger partial charge in [-0.15, -0.1) is 0 Å². The molecule has 5 nitrogen and oxygen atoms in total. The molecule has 0 radical (unpaired) electrons. The summed E-state index contributed by atoms with van der Waals surface area (Å²) in [6.07, 6.45) is 0.573. The highest BCUT2D eigenvalue weighted by molar-refractivity contribution is 7.89. The maximum Gasteiger partial charge on any atom is 0.243 e. The molecule has 3 rings (SSSR count). The van der Waals surface area contributed by atoms with Crippen LogP contribution in [0.4, 0.5) is 8.78 Å². The molecule has 0 amide bonds. The fourth-order valence-electron chi connectivity index (χ4n) is 3.07. The van der Waals surface area contributed by atoms with E-state index < -0.39 is 21.7 Å². The molecule has 0 saturated carbocycles. The molecule has 0 aliphatic rings. The topological polar surface area (TPSA) is 70.2 Å². The standard InChI is InChI=1S/C19H18F2N2O3S/c1-3-23(4-2)27(25,26)13-6-8-18-14(10-13)15(11-24)19(22-18)12-5-7-16(20)17(21)9-12/h5-11,22H,3-4H2,1-2H3. The Bertz CT molecular complexity index is 1120. The first-order valence-electron chi connectivity index (χ1n) is 8.40. The Morgan fingerprint density at radius 3 is 2.33 bits per heavy atom. The van der Waals surface area contributed by atoms with E-state index in [-0.39, 0.29) is 10.5 Å². The average molecular weight is 392 g/mol. The third-order valence-corrected chi connectivity index (χ3v) is 6.53. The first-order chi connectivity index (χ1) is 12.8. The molecule has 1 heterocycles. The average Bonchev–Trinajstić information content (AvgIpc) is 3.02. The Morgan fingerprint density at radius 1 is 1.04 bits per heavy atom. The molecular formula is C19H18F2N2O3S. The molecule has 142 valence electrons. The van der Waals surface area contributed by atoms with Gasteiger partial charge in [0, 0.05) is 35.1 Å². The molecule has 1 N–H and O–H groups in total. The molecule has 0 spiro atoms. The highest BCUT2D eigenvalue weighted by Gasteiger charge is 2.23. The van der Waals surface area contributed by atoms with Crippen LogP contribution in [-0.2, 0) is 10.0 Å². The summed E-state index contributed by atoms with van der Waals surface area (Å²) in [6.45, 7) is 4.14. The molecular weight excluding hydrogens is 374 g/mol. The van der Waals surface area contributed by atoms with Crippen LogP contribution in [0.2, 0.25) is 0 Å². The van der Waals surface area contributed by atoms with Crippen molar-refractivity contribution in [2.24, 2.45) is 0 Å². The summed E-state index contributed by atoms with van der Waals surface area (Å²) in [5.74, 6) is -2.03. The zero-order valence-corrected chi connectivity index (χ0v) is 15.6. The van der Waals surface area contributed by atoms with Gasteiger partial charge < -0.3 is 4.98 Å². The van der Waals surface area contributed by atoms with Crippen LogP contribution in [-0.4, -0.2) is 37.1 Å². The molecule has 27 heavy (non-hydrogen) atoms. The minimum atomic E-state index is -3.69. The van der Waals surface area contributed by atoms with Gasteiger partial charge in [-0.2, -0.15) is 4.31 Å². The number of nitrogens with one attached hydrogen (secondary N) is 1. The summed E-state index contributed by atoms with van der Waals surface area (Å²) in [5, 5.41) is 0.401. The number of halogens is 2. The lowest BCUT2D eigenvalue weighted by Gasteiger charge is -2.18. The van der Waals surface area contributed by atoms with E-state index in [2.05, 4.69) is 4.98 Å². The number of hydrogen-bond donors (Lipinski definition) is 1. The first-order valence-corrected chi connectivity index (χ1v) is 9.84. The van der Waals surface area contributed by atoms with Crippen molar-refractivity contribution in [2.75, 3.05) is 13.1 Å². The number of nitrogens with zero attached hydrogens (tertiary/aromatic N) is 1. The number of sulfonamides is 1. The quantitative estimate of drug-likeness (QED) is 0.646. The van der Waals surface area contributed by atoms with Gasteiger partial charge in [-0.3, -0.25) is 4.79 Å². The molecule has 0 unspecified atom stereocenters. The largest absolute Gasteiger partial charge is 0.354 e. The molecule has 1 aromatic heterocycles. The molecule has 0 bridgehead atoms. The van der Waals surface area contributed by atoms with Crippen molar-refractivity contribution in [3.63, 3.8) is 0 Å². The van der Waals surface area contributed by atoms with Gasteiger partial charge in [-0.25, -0.2) is 17.2 Å². The Hall–Kier alpha value is -2.58. The van der Waals surface area contributed by atoms with Crippen molar-refractivity contribution >= 4 is 27.2 Å². The summed E-state index contributed by atoms with van der Waals surface area (Å²) in [6, 6.07) is 7.75. The number of aromatic amines is 1. The lowest BCUT2D eigenvalue weighted by Crippen LogP contribution is -2.30. The van der Waals surface area contributed by atoms with Crippen molar-refractivity contribution < 1.29 is 22.0 Å². The van der Waals surface area contributed by atoms with Crippen molar-refractivity contribution in [3.05, 3.63) is 53.6 Å². The highest BCUT2D eigenvalue weighted by atomic mass is 32.2. The number of rotatable bonds is 6. The predicted octanol–water partition coefficient (Wildman–Crippen LogP) is 3.96. The Balaban J connectivity index is 2.21. The summed E-state index contributed by atoms with van der Waals surface area (Å²) < 4.78 is 53.6. The van der Waals surface area contributed by atoms with E-state index in [1.54, 1.807) is 19.9 Å². The molecule has 0 fully saturated rings. The van der Waals surface area contributed by atoms with Crippen molar-refractivity contribution in [1.82, 2.24) is 9.29 Å². The maximum atomic E-state index is 13.6. The van der Waals surface area contributed by atoms with E-state index in [1.807, 2.05) is 0 Å². The minimum Gasteiger partial charge on any atom is -0.354 e. The van der Waals surface area contributed by atoms with Crippen LogP contribution in [0.1, 0.15) is 24.2 Å². The normalized spacial score (nSPS) is 12.0. The number of H-pyrrole nitrogens is 1. The van der Waals surface area contributed by atoms with E-state index in [4.69, 9.17) is 0 Å². The minimum absolute atomic E-state index is 0.0673. The third-order valence-electron chi connectivity index (χ3n) is 4.48. The number of carbonyl (C=O) groups excluding carboxylic acids is 1. The van der Waals surface area contributed by atoms with Crippen LogP contribution in [0.5, 0.6) is 0 Å². The van der Waals surface area contributed by atoms with Gasteiger partial charge in [0.05, 0.1) is 10.6 Å². The van der Waals surface area contributed by atoms with Crippen LogP contribution in [0.25, 0.3) is 22.2 Å². The molecule has 0 aliphatic heterocycles. The number of aromatic nitrogens is 1. The van der Waals surface area contributed by atoms with Crippen LogP contribution >= 0.6 is 0 Å². The second-order valence-corrected chi connectivity index (χ2v) is 7.90. The number of carbonyl (C=O) groups is 1. The number of aldehydes is 1. The van der Waals surface area contributed by atoms with E-state index in [1.165, 1.54) is 22.5 Å². The third kappa shape index (κ3) is 3.26. The van der Waals surface area contributed by atoms with Gasteiger partial charge in [0.2, 0.25) is 10.0 Å². The van der Waals surface area contributed by atoms with E-state index >= 15 is 0 Å². The molecule has 8 heteroatoms. The van der Waals surface area contributed by atoms with Gasteiger partial charge in [-0.05, 0) is 36.4 Å². The van der Waals surface area contributed by atoms with Crippen LogP contribution in [0.15, 0.2) is 41.3 Å². The highest BCUT2D eigenvalue weighted by Crippen LogP contribution is 2.32. The zero-order chi connectivity index (χ0) is 19.8. The molecule has 0 atom stereocenters. The van der Waals surface area contributed by atoms with Crippen molar-refractivity contribution in [2.45, 2.75) is 18.7 Å². The molecule has 3 aromatic rings. The van der Waals surface area contributed by atoms with E-state index in [0.717, 1.165) is 12.1 Å².